The second-order valence-corrected chi connectivity index (χ2v) is 5.55. The number of piperidine rings is 1. The van der Waals surface area contributed by atoms with Crippen molar-refractivity contribution < 1.29 is 15.0 Å². The van der Waals surface area contributed by atoms with Gasteiger partial charge in [0.2, 0.25) is 0 Å². The number of hydrogen-bond acceptors (Lipinski definition) is 5. The van der Waals surface area contributed by atoms with E-state index in [2.05, 4.69) is 15.2 Å². The van der Waals surface area contributed by atoms with Crippen LogP contribution >= 0.6 is 0 Å². The van der Waals surface area contributed by atoms with Crippen LogP contribution in [0.4, 0.5) is 0 Å². The number of nitrogens with one attached hydrogen (secondary N) is 1. The van der Waals surface area contributed by atoms with Gasteiger partial charge in [-0.1, -0.05) is 13.3 Å². The summed E-state index contributed by atoms with van der Waals surface area (Å²) in [5.41, 5.74) is -1.000. The fourth-order valence-corrected chi connectivity index (χ4v) is 2.93. The summed E-state index contributed by atoms with van der Waals surface area (Å²) in [5.74, 6) is 0.539. The van der Waals surface area contributed by atoms with Crippen molar-refractivity contribution in [2.75, 3.05) is 13.1 Å². The van der Waals surface area contributed by atoms with E-state index >= 15 is 0 Å². The number of β-amino-alcohol motifs (C(OH)–C–C–N with tert-alkyl or cyclic N) is 1. The van der Waals surface area contributed by atoms with Crippen LogP contribution in [0.1, 0.15) is 37.8 Å². The largest absolute Gasteiger partial charge is 0.481 e. The SMILES string of the molecule is CCC[C@]1(C(=O)O)CCN(Cc2n[nH]c(C)n2)C[C@@H]1O. The first kappa shape index (κ1) is 14.9. The third-order valence-electron chi connectivity index (χ3n) is 4.07. The second kappa shape index (κ2) is 5.88. The average Bonchev–Trinajstić information content (AvgIpc) is 2.78. The van der Waals surface area contributed by atoms with Crippen LogP contribution < -0.4 is 0 Å². The molecule has 7 nitrogen and oxygen atoms in total. The van der Waals surface area contributed by atoms with Crippen molar-refractivity contribution >= 4 is 5.97 Å². The molecule has 1 aliphatic rings. The number of carboxylic acid groups (broad SMARTS) is 1. The van der Waals surface area contributed by atoms with Crippen molar-refractivity contribution in [3.8, 4) is 0 Å². The monoisotopic (exact) mass is 282 g/mol. The van der Waals surface area contributed by atoms with Gasteiger partial charge in [-0.2, -0.15) is 5.10 Å². The van der Waals surface area contributed by atoms with Crippen molar-refractivity contribution in [1.29, 1.82) is 0 Å². The van der Waals surface area contributed by atoms with Gasteiger partial charge in [0.15, 0.2) is 5.82 Å². The highest BCUT2D eigenvalue weighted by Crippen LogP contribution is 2.37. The zero-order valence-corrected chi connectivity index (χ0v) is 12.0. The number of hydrogen-bond donors (Lipinski definition) is 3. The van der Waals surface area contributed by atoms with Gasteiger partial charge in [-0.15, -0.1) is 0 Å². The highest BCUT2D eigenvalue weighted by Gasteiger charge is 2.47. The number of rotatable bonds is 5. The lowest BCUT2D eigenvalue weighted by Crippen LogP contribution is -2.54. The lowest BCUT2D eigenvalue weighted by Gasteiger charge is -2.42. The summed E-state index contributed by atoms with van der Waals surface area (Å²) in [6.07, 6.45) is 0.871. The van der Waals surface area contributed by atoms with E-state index in [1.807, 2.05) is 18.7 Å². The zero-order valence-electron chi connectivity index (χ0n) is 12.0. The maximum absolute atomic E-state index is 11.5. The molecule has 0 saturated carbocycles. The molecule has 0 amide bonds. The molecule has 2 atom stereocenters. The van der Waals surface area contributed by atoms with Crippen LogP contribution in [0.2, 0.25) is 0 Å². The lowest BCUT2D eigenvalue weighted by molar-refractivity contribution is -0.164. The van der Waals surface area contributed by atoms with E-state index in [1.165, 1.54) is 0 Å². The number of aliphatic carboxylic acids is 1. The first-order chi connectivity index (χ1) is 9.48. The minimum Gasteiger partial charge on any atom is -0.481 e. The Kier molecular flexibility index (Phi) is 4.39. The van der Waals surface area contributed by atoms with E-state index in [1.54, 1.807) is 0 Å². The van der Waals surface area contributed by atoms with E-state index in [4.69, 9.17) is 0 Å². The van der Waals surface area contributed by atoms with Gasteiger partial charge in [-0.25, -0.2) is 4.98 Å². The van der Waals surface area contributed by atoms with Crippen LogP contribution in [0.5, 0.6) is 0 Å². The van der Waals surface area contributed by atoms with Crippen molar-refractivity contribution in [3.63, 3.8) is 0 Å². The Balaban J connectivity index is 2.02. The van der Waals surface area contributed by atoms with E-state index < -0.39 is 17.5 Å². The number of carboxylic acids is 1. The Labute approximate surface area is 118 Å². The molecule has 0 spiro atoms. The third kappa shape index (κ3) is 2.83. The summed E-state index contributed by atoms with van der Waals surface area (Å²) in [7, 11) is 0. The number of aliphatic hydroxyl groups excluding tert-OH is 1. The molecule has 1 aromatic rings. The Hall–Kier alpha value is -1.47. The zero-order chi connectivity index (χ0) is 14.8. The van der Waals surface area contributed by atoms with Gasteiger partial charge in [0, 0.05) is 6.54 Å². The maximum Gasteiger partial charge on any atom is 0.312 e. The van der Waals surface area contributed by atoms with E-state index in [0.717, 1.165) is 12.2 Å². The predicted molar refractivity (Wildman–Crippen MR) is 72.0 cm³/mol. The van der Waals surface area contributed by atoms with E-state index in [-0.39, 0.29) is 0 Å². The Morgan fingerprint density at radius 3 is 2.85 bits per heavy atom. The number of aryl methyl sites for hydroxylation is 1. The highest BCUT2D eigenvalue weighted by molar-refractivity contribution is 5.75. The summed E-state index contributed by atoms with van der Waals surface area (Å²) in [6.45, 7) is 5.29. The molecule has 20 heavy (non-hydrogen) atoms. The molecule has 2 rings (SSSR count). The first-order valence-electron chi connectivity index (χ1n) is 6.99. The Morgan fingerprint density at radius 2 is 2.35 bits per heavy atom. The molecular weight excluding hydrogens is 260 g/mol. The molecule has 112 valence electrons. The van der Waals surface area contributed by atoms with Crippen LogP contribution in [0.25, 0.3) is 0 Å². The summed E-state index contributed by atoms with van der Waals surface area (Å²) in [5, 5.41) is 26.6. The van der Waals surface area contributed by atoms with Crippen molar-refractivity contribution in [2.45, 2.75) is 45.8 Å². The number of aliphatic hydroxyl groups is 1. The van der Waals surface area contributed by atoms with Crippen LogP contribution in [0.15, 0.2) is 0 Å². The van der Waals surface area contributed by atoms with Crippen molar-refractivity contribution in [1.82, 2.24) is 20.1 Å². The van der Waals surface area contributed by atoms with Gasteiger partial charge in [-0.3, -0.25) is 14.8 Å². The van der Waals surface area contributed by atoms with Gasteiger partial charge >= 0.3 is 5.97 Å². The smallest absolute Gasteiger partial charge is 0.312 e. The normalized spacial score (nSPS) is 27.6. The minimum atomic E-state index is -1.000. The van der Waals surface area contributed by atoms with Gasteiger partial charge in [-0.05, 0) is 26.3 Å². The standard InChI is InChI=1S/C13H22N4O3/c1-3-4-13(12(19)20)5-6-17(7-10(13)18)8-11-14-9(2)15-16-11/h10,18H,3-8H2,1-2H3,(H,19,20)(H,14,15,16)/t10-,13-/m0/s1. The quantitative estimate of drug-likeness (QED) is 0.729. The molecule has 1 saturated heterocycles. The van der Waals surface area contributed by atoms with Crippen molar-refractivity contribution in [3.05, 3.63) is 11.6 Å². The highest BCUT2D eigenvalue weighted by atomic mass is 16.4. The van der Waals surface area contributed by atoms with E-state index in [0.29, 0.717) is 38.3 Å². The molecule has 0 aliphatic carbocycles. The minimum absolute atomic E-state index is 0.347. The molecule has 0 unspecified atom stereocenters. The Morgan fingerprint density at radius 1 is 1.60 bits per heavy atom. The summed E-state index contributed by atoms with van der Waals surface area (Å²) >= 11 is 0. The molecule has 1 aromatic heterocycles. The topological polar surface area (TPSA) is 102 Å². The number of nitrogens with zero attached hydrogens (tertiary/aromatic N) is 3. The molecule has 0 aromatic carbocycles. The van der Waals surface area contributed by atoms with Crippen LogP contribution in [0, 0.1) is 12.3 Å². The molecule has 0 radical (unpaired) electrons. The van der Waals surface area contributed by atoms with Gasteiger partial charge in [0.1, 0.15) is 5.82 Å². The Bertz CT molecular complexity index is 476. The molecule has 7 heteroatoms. The molecule has 1 fully saturated rings. The third-order valence-corrected chi connectivity index (χ3v) is 4.07. The number of H-pyrrole nitrogens is 1. The fourth-order valence-electron chi connectivity index (χ4n) is 2.93. The summed E-state index contributed by atoms with van der Waals surface area (Å²) in [4.78, 5) is 17.8. The van der Waals surface area contributed by atoms with Gasteiger partial charge < -0.3 is 10.2 Å². The van der Waals surface area contributed by atoms with Crippen LogP contribution in [-0.4, -0.2) is 55.5 Å². The molecule has 2 heterocycles. The second-order valence-electron chi connectivity index (χ2n) is 5.55. The van der Waals surface area contributed by atoms with Crippen LogP contribution in [0.3, 0.4) is 0 Å². The average molecular weight is 282 g/mol. The molecule has 1 aliphatic heterocycles. The lowest BCUT2D eigenvalue weighted by atomic mass is 9.73. The van der Waals surface area contributed by atoms with E-state index in [9.17, 15) is 15.0 Å². The molecular formula is C13H22N4O3. The first-order valence-corrected chi connectivity index (χ1v) is 6.99. The summed E-state index contributed by atoms with van der Waals surface area (Å²) in [6, 6.07) is 0. The number of carbonyl (C=O) groups is 1. The van der Waals surface area contributed by atoms with Gasteiger partial charge in [0.05, 0.1) is 18.1 Å². The number of aromatic nitrogens is 3. The molecule has 0 bridgehead atoms. The number of likely N-dealkylation sites (tertiary alicyclic amines) is 1. The van der Waals surface area contributed by atoms with Gasteiger partial charge in [0.25, 0.3) is 0 Å². The van der Waals surface area contributed by atoms with Crippen LogP contribution in [-0.2, 0) is 11.3 Å². The van der Waals surface area contributed by atoms with Crippen molar-refractivity contribution in [2.24, 2.45) is 5.41 Å². The predicted octanol–water partition coefficient (Wildman–Crippen LogP) is 0.551. The maximum atomic E-state index is 11.5. The summed E-state index contributed by atoms with van der Waals surface area (Å²) < 4.78 is 0. The number of aromatic amines is 1. The fraction of sp³-hybridized carbons (Fsp3) is 0.769. The molecule has 3 N–H and O–H groups in total.